The third-order valence-electron chi connectivity index (χ3n) is 5.25. The van der Waals surface area contributed by atoms with Gasteiger partial charge < -0.3 is 19.7 Å². The molecule has 9 nitrogen and oxygen atoms in total. The van der Waals surface area contributed by atoms with Gasteiger partial charge >= 0.3 is 12.1 Å². The standard InChI is InChI=1S/C21H19N5O2.C2HF3O2/c27-21(20-10-15-4-1-2-6-19(15)24-20)25-12-16-7-9-23-26(16)17(13-25)14-28-18-5-3-8-22-11-18;3-2(4,5)1(6)7/h1-11,17,24H,12-14H2;(H,6,7). The summed E-state index contributed by atoms with van der Waals surface area (Å²) in [6, 6.07) is 15.4. The van der Waals surface area contributed by atoms with Crippen LogP contribution >= 0.6 is 0 Å². The number of aliphatic carboxylic acids is 1. The van der Waals surface area contributed by atoms with Crippen molar-refractivity contribution < 1.29 is 32.6 Å². The highest BCUT2D eigenvalue weighted by Gasteiger charge is 2.38. The number of amides is 1. The molecule has 1 aromatic carbocycles. The van der Waals surface area contributed by atoms with E-state index in [1.54, 1.807) is 18.6 Å². The molecule has 3 aromatic heterocycles. The third kappa shape index (κ3) is 5.60. The van der Waals surface area contributed by atoms with Crippen LogP contribution in [0.5, 0.6) is 5.75 Å². The number of rotatable bonds is 4. The lowest BCUT2D eigenvalue weighted by molar-refractivity contribution is -0.192. The maximum Gasteiger partial charge on any atom is 0.490 e. The SMILES string of the molecule is O=C(O)C(F)(F)F.O=C(c1cc2ccccc2[nH]1)N1Cc2ccnn2C(COc2cccnc2)C1. The summed E-state index contributed by atoms with van der Waals surface area (Å²) in [5.74, 6) is -2.07. The molecular formula is C23H20F3N5O4. The largest absolute Gasteiger partial charge is 0.490 e. The summed E-state index contributed by atoms with van der Waals surface area (Å²) in [4.78, 5) is 31.2. The van der Waals surface area contributed by atoms with E-state index in [0.717, 1.165) is 16.6 Å². The molecule has 1 atom stereocenters. The number of nitrogens with zero attached hydrogens (tertiary/aromatic N) is 4. The van der Waals surface area contributed by atoms with Crippen molar-refractivity contribution in [3.63, 3.8) is 0 Å². The Balaban J connectivity index is 0.000000364. The van der Waals surface area contributed by atoms with Gasteiger partial charge in [-0.2, -0.15) is 18.3 Å². The van der Waals surface area contributed by atoms with E-state index < -0.39 is 12.1 Å². The summed E-state index contributed by atoms with van der Waals surface area (Å²) in [5.41, 5.74) is 2.56. The molecule has 0 spiro atoms. The predicted octanol–water partition coefficient (Wildman–Crippen LogP) is 3.67. The fourth-order valence-electron chi connectivity index (χ4n) is 3.65. The van der Waals surface area contributed by atoms with Gasteiger partial charge in [-0.3, -0.25) is 14.5 Å². The minimum atomic E-state index is -5.08. The first-order valence-electron chi connectivity index (χ1n) is 10.4. The normalized spacial score (nSPS) is 15.2. The topological polar surface area (TPSA) is 113 Å². The number of carboxylic acid groups (broad SMARTS) is 1. The summed E-state index contributed by atoms with van der Waals surface area (Å²) in [6.45, 7) is 1.47. The van der Waals surface area contributed by atoms with Crippen molar-refractivity contribution in [3.8, 4) is 5.75 Å². The van der Waals surface area contributed by atoms with Gasteiger partial charge in [-0.1, -0.05) is 18.2 Å². The molecule has 35 heavy (non-hydrogen) atoms. The molecule has 0 bridgehead atoms. The average Bonchev–Trinajstić information content (AvgIpc) is 3.49. The Labute approximate surface area is 196 Å². The van der Waals surface area contributed by atoms with Crippen molar-refractivity contribution in [3.05, 3.63) is 78.5 Å². The molecule has 2 N–H and O–H groups in total. The number of alkyl halides is 3. The fraction of sp³-hybridized carbons (Fsp3) is 0.217. The Morgan fingerprint density at radius 2 is 1.91 bits per heavy atom. The summed E-state index contributed by atoms with van der Waals surface area (Å²) in [5, 5.41) is 12.6. The van der Waals surface area contributed by atoms with Crippen LogP contribution in [0, 0.1) is 0 Å². The molecule has 5 rings (SSSR count). The molecular weight excluding hydrogens is 467 g/mol. The van der Waals surface area contributed by atoms with Gasteiger partial charge in [-0.25, -0.2) is 4.79 Å². The summed E-state index contributed by atoms with van der Waals surface area (Å²) >= 11 is 0. The molecule has 1 unspecified atom stereocenters. The Morgan fingerprint density at radius 3 is 2.60 bits per heavy atom. The first-order valence-corrected chi connectivity index (χ1v) is 10.4. The van der Waals surface area contributed by atoms with Crippen molar-refractivity contribution in [1.29, 1.82) is 0 Å². The number of aromatic amines is 1. The lowest BCUT2D eigenvalue weighted by Gasteiger charge is -2.33. The van der Waals surface area contributed by atoms with Crippen LogP contribution in [-0.4, -0.2) is 61.0 Å². The van der Waals surface area contributed by atoms with Crippen molar-refractivity contribution in [2.24, 2.45) is 0 Å². The molecule has 1 amide bonds. The number of halogens is 3. The van der Waals surface area contributed by atoms with Gasteiger partial charge in [-0.05, 0) is 30.3 Å². The van der Waals surface area contributed by atoms with E-state index >= 15 is 0 Å². The van der Waals surface area contributed by atoms with E-state index in [2.05, 4.69) is 15.1 Å². The number of nitrogens with one attached hydrogen (secondary N) is 1. The van der Waals surface area contributed by atoms with Crippen molar-refractivity contribution in [2.75, 3.05) is 13.2 Å². The third-order valence-corrected chi connectivity index (χ3v) is 5.25. The fourth-order valence-corrected chi connectivity index (χ4v) is 3.65. The zero-order valence-corrected chi connectivity index (χ0v) is 18.1. The van der Waals surface area contributed by atoms with Crippen LogP contribution < -0.4 is 4.74 Å². The van der Waals surface area contributed by atoms with Gasteiger partial charge in [-0.15, -0.1) is 0 Å². The second-order valence-electron chi connectivity index (χ2n) is 7.68. The average molecular weight is 487 g/mol. The van der Waals surface area contributed by atoms with E-state index in [9.17, 15) is 18.0 Å². The molecule has 4 heterocycles. The number of ether oxygens (including phenoxy) is 1. The van der Waals surface area contributed by atoms with E-state index in [1.807, 2.05) is 58.1 Å². The van der Waals surface area contributed by atoms with Crippen LogP contribution in [0.3, 0.4) is 0 Å². The Morgan fingerprint density at radius 1 is 1.14 bits per heavy atom. The number of hydrogen-bond acceptors (Lipinski definition) is 5. The van der Waals surface area contributed by atoms with Gasteiger partial charge in [0.15, 0.2) is 0 Å². The number of benzene rings is 1. The maximum atomic E-state index is 13.1. The van der Waals surface area contributed by atoms with Gasteiger partial charge in [0.05, 0.1) is 18.4 Å². The van der Waals surface area contributed by atoms with Crippen LogP contribution in [0.4, 0.5) is 13.2 Å². The van der Waals surface area contributed by atoms with Crippen molar-refractivity contribution >= 4 is 22.8 Å². The molecule has 1 aliphatic heterocycles. The van der Waals surface area contributed by atoms with Crippen LogP contribution in [0.2, 0.25) is 0 Å². The summed E-state index contributed by atoms with van der Waals surface area (Å²) < 4.78 is 39.6. The van der Waals surface area contributed by atoms with Crippen LogP contribution in [0.15, 0.2) is 67.1 Å². The predicted molar refractivity (Wildman–Crippen MR) is 118 cm³/mol. The highest BCUT2D eigenvalue weighted by atomic mass is 19.4. The van der Waals surface area contributed by atoms with E-state index in [4.69, 9.17) is 14.6 Å². The van der Waals surface area contributed by atoms with Crippen molar-refractivity contribution in [1.82, 2.24) is 24.6 Å². The van der Waals surface area contributed by atoms with E-state index in [1.165, 1.54) is 0 Å². The van der Waals surface area contributed by atoms with Gasteiger partial charge in [0.25, 0.3) is 5.91 Å². The quantitative estimate of drug-likeness (QED) is 0.454. The lowest BCUT2D eigenvalue weighted by Crippen LogP contribution is -2.43. The highest BCUT2D eigenvalue weighted by molar-refractivity contribution is 5.98. The number of pyridine rings is 1. The van der Waals surface area contributed by atoms with Crippen LogP contribution in [-0.2, 0) is 11.3 Å². The zero-order chi connectivity index (χ0) is 25.0. The van der Waals surface area contributed by atoms with E-state index in [-0.39, 0.29) is 11.9 Å². The number of hydrogen-bond donors (Lipinski definition) is 2. The molecule has 12 heteroatoms. The second-order valence-corrected chi connectivity index (χ2v) is 7.68. The summed E-state index contributed by atoms with van der Waals surface area (Å²) in [6.07, 6.45) is 0.0728. The van der Waals surface area contributed by atoms with Gasteiger partial charge in [0, 0.05) is 29.8 Å². The highest BCUT2D eigenvalue weighted by Crippen LogP contribution is 2.24. The Bertz CT molecular complexity index is 1290. The number of para-hydroxylation sites is 1. The first-order chi connectivity index (χ1) is 16.7. The molecule has 0 radical (unpaired) electrons. The molecule has 0 saturated heterocycles. The lowest BCUT2D eigenvalue weighted by atomic mass is 10.2. The van der Waals surface area contributed by atoms with Crippen LogP contribution in [0.25, 0.3) is 10.9 Å². The molecule has 4 aromatic rings. The monoisotopic (exact) mass is 487 g/mol. The minimum absolute atomic E-state index is 0.0185. The number of H-pyrrole nitrogens is 1. The van der Waals surface area contributed by atoms with Gasteiger partial charge in [0.2, 0.25) is 0 Å². The summed E-state index contributed by atoms with van der Waals surface area (Å²) in [7, 11) is 0. The smallest absolute Gasteiger partial charge is 0.490 e. The molecule has 0 saturated carbocycles. The zero-order valence-electron chi connectivity index (χ0n) is 18.1. The Hall–Kier alpha value is -4.35. The van der Waals surface area contributed by atoms with E-state index in [0.29, 0.717) is 31.1 Å². The Kier molecular flexibility index (Phi) is 6.71. The molecule has 0 aliphatic carbocycles. The first kappa shape index (κ1) is 23.8. The number of fused-ring (bicyclic) bond motifs is 2. The molecule has 1 aliphatic rings. The number of carboxylic acids is 1. The number of carbonyl (C=O) groups excluding carboxylic acids is 1. The molecule has 0 fully saturated rings. The number of aromatic nitrogens is 4. The van der Waals surface area contributed by atoms with Crippen LogP contribution in [0.1, 0.15) is 22.2 Å². The number of carbonyl (C=O) groups is 2. The van der Waals surface area contributed by atoms with Crippen molar-refractivity contribution in [2.45, 2.75) is 18.8 Å². The molecule has 182 valence electrons. The minimum Gasteiger partial charge on any atom is -0.490 e. The maximum absolute atomic E-state index is 13.1. The van der Waals surface area contributed by atoms with Gasteiger partial charge in [0.1, 0.15) is 24.1 Å². The second kappa shape index (κ2) is 9.87.